The maximum absolute atomic E-state index is 13.7. The van der Waals surface area contributed by atoms with Crippen LogP contribution in [0.3, 0.4) is 0 Å². The Bertz CT molecular complexity index is 1190. The Morgan fingerprint density at radius 3 is 2.03 bits per heavy atom. The molecule has 0 bridgehead atoms. The topological polar surface area (TPSA) is 69.7 Å². The SMILES string of the molecule is CCS(=O)(=O)c1ccc(-c2cc(C(F)(F)F)ccc2O[C@@H](C)C(=O)OC(C)(C)C)cc1C(F)(F)F. The molecule has 5 nitrogen and oxygen atoms in total. The van der Waals surface area contributed by atoms with Crippen LogP contribution in [0.4, 0.5) is 26.3 Å². The van der Waals surface area contributed by atoms with Crippen molar-refractivity contribution in [1.29, 1.82) is 0 Å². The second-order valence-electron chi connectivity index (χ2n) is 8.61. The summed E-state index contributed by atoms with van der Waals surface area (Å²) in [5, 5.41) is 0. The van der Waals surface area contributed by atoms with Gasteiger partial charge >= 0.3 is 18.3 Å². The summed E-state index contributed by atoms with van der Waals surface area (Å²) in [4.78, 5) is 11.3. The summed E-state index contributed by atoms with van der Waals surface area (Å²) in [7, 11) is -4.29. The number of carbonyl (C=O) groups is 1. The highest BCUT2D eigenvalue weighted by molar-refractivity contribution is 7.91. The van der Waals surface area contributed by atoms with E-state index in [9.17, 15) is 39.6 Å². The number of halogens is 6. The molecule has 0 amide bonds. The number of carbonyl (C=O) groups excluding carboxylic acids is 1. The number of hydrogen-bond donors (Lipinski definition) is 0. The van der Waals surface area contributed by atoms with Crippen LogP contribution in [0.25, 0.3) is 11.1 Å². The minimum absolute atomic E-state index is 0.324. The van der Waals surface area contributed by atoms with Gasteiger partial charge in [0, 0.05) is 5.56 Å². The van der Waals surface area contributed by atoms with Crippen molar-refractivity contribution >= 4 is 15.8 Å². The minimum Gasteiger partial charge on any atom is -0.478 e. The fraction of sp³-hybridized carbons (Fsp3) is 0.435. The van der Waals surface area contributed by atoms with Crippen LogP contribution in [-0.2, 0) is 31.7 Å². The van der Waals surface area contributed by atoms with Crippen molar-refractivity contribution in [1.82, 2.24) is 0 Å². The first kappa shape index (κ1) is 28.5. The van der Waals surface area contributed by atoms with Crippen LogP contribution in [0, 0.1) is 0 Å². The van der Waals surface area contributed by atoms with Gasteiger partial charge in [-0.05, 0) is 63.6 Å². The number of hydrogen-bond acceptors (Lipinski definition) is 5. The number of benzene rings is 2. The summed E-state index contributed by atoms with van der Waals surface area (Å²) in [6, 6.07) is 4.20. The molecule has 194 valence electrons. The molecule has 0 aliphatic heterocycles. The highest BCUT2D eigenvalue weighted by atomic mass is 32.2. The van der Waals surface area contributed by atoms with Gasteiger partial charge in [-0.2, -0.15) is 26.3 Å². The molecule has 35 heavy (non-hydrogen) atoms. The van der Waals surface area contributed by atoms with Gasteiger partial charge in [0.1, 0.15) is 11.4 Å². The molecule has 0 saturated heterocycles. The maximum atomic E-state index is 13.7. The van der Waals surface area contributed by atoms with Gasteiger partial charge in [-0.3, -0.25) is 0 Å². The molecule has 0 unspecified atom stereocenters. The fourth-order valence-corrected chi connectivity index (χ4v) is 4.10. The van der Waals surface area contributed by atoms with Gasteiger partial charge in [0.25, 0.3) is 0 Å². The Balaban J connectivity index is 2.70. The van der Waals surface area contributed by atoms with Gasteiger partial charge < -0.3 is 9.47 Å². The molecule has 0 fully saturated rings. The molecule has 0 spiro atoms. The van der Waals surface area contributed by atoms with Crippen LogP contribution in [0.15, 0.2) is 41.3 Å². The van der Waals surface area contributed by atoms with E-state index >= 15 is 0 Å². The predicted octanol–water partition coefficient (Wildman–Crippen LogP) is 6.29. The van der Waals surface area contributed by atoms with E-state index < -0.39 is 67.2 Å². The summed E-state index contributed by atoms with van der Waals surface area (Å²) < 4.78 is 116. The molecule has 0 N–H and O–H groups in total. The number of sulfone groups is 1. The third-order valence-corrected chi connectivity index (χ3v) is 6.45. The van der Waals surface area contributed by atoms with E-state index in [2.05, 4.69) is 0 Å². The highest BCUT2D eigenvalue weighted by Crippen LogP contribution is 2.41. The van der Waals surface area contributed by atoms with Crippen molar-refractivity contribution in [3.05, 3.63) is 47.5 Å². The number of ether oxygens (including phenoxy) is 2. The summed E-state index contributed by atoms with van der Waals surface area (Å²) in [6.07, 6.45) is -11.3. The lowest BCUT2D eigenvalue weighted by Gasteiger charge is -2.24. The van der Waals surface area contributed by atoms with Crippen molar-refractivity contribution in [2.45, 2.75) is 63.6 Å². The zero-order valence-electron chi connectivity index (χ0n) is 19.5. The van der Waals surface area contributed by atoms with E-state index in [1.165, 1.54) is 13.8 Å². The molecule has 12 heteroatoms. The second kappa shape index (κ2) is 9.71. The Labute approximate surface area is 199 Å². The lowest BCUT2D eigenvalue weighted by molar-refractivity contribution is -0.162. The van der Waals surface area contributed by atoms with Gasteiger partial charge in [0.15, 0.2) is 15.9 Å². The average molecular weight is 526 g/mol. The molecule has 0 aromatic heterocycles. The van der Waals surface area contributed by atoms with Crippen LogP contribution in [0.1, 0.15) is 45.7 Å². The molecular formula is C23H24F6O5S. The van der Waals surface area contributed by atoms with E-state index in [-0.39, 0.29) is 11.3 Å². The molecule has 0 radical (unpaired) electrons. The molecule has 2 aromatic carbocycles. The summed E-state index contributed by atoms with van der Waals surface area (Å²) in [6.45, 7) is 7.21. The summed E-state index contributed by atoms with van der Waals surface area (Å²) in [5.74, 6) is -1.78. The van der Waals surface area contributed by atoms with Gasteiger partial charge in [-0.1, -0.05) is 13.0 Å². The fourth-order valence-electron chi connectivity index (χ4n) is 3.00. The molecule has 0 aliphatic rings. The van der Waals surface area contributed by atoms with Crippen molar-refractivity contribution in [2.75, 3.05) is 5.75 Å². The first-order valence-corrected chi connectivity index (χ1v) is 12.0. The van der Waals surface area contributed by atoms with Gasteiger partial charge in [-0.15, -0.1) is 0 Å². The van der Waals surface area contributed by atoms with Gasteiger partial charge in [0.2, 0.25) is 0 Å². The molecule has 0 heterocycles. The first-order chi connectivity index (χ1) is 15.8. The largest absolute Gasteiger partial charge is 0.478 e. The predicted molar refractivity (Wildman–Crippen MR) is 116 cm³/mol. The molecule has 1 atom stereocenters. The Morgan fingerprint density at radius 2 is 1.54 bits per heavy atom. The molecule has 0 saturated carbocycles. The van der Waals surface area contributed by atoms with Crippen LogP contribution >= 0.6 is 0 Å². The zero-order chi connectivity index (χ0) is 27.0. The van der Waals surface area contributed by atoms with Gasteiger partial charge in [-0.25, -0.2) is 13.2 Å². The minimum atomic E-state index is -5.11. The molecule has 2 aromatic rings. The molecule has 2 rings (SSSR count). The van der Waals surface area contributed by atoms with Crippen LogP contribution < -0.4 is 4.74 Å². The first-order valence-electron chi connectivity index (χ1n) is 10.3. The lowest BCUT2D eigenvalue weighted by Crippen LogP contribution is -2.33. The third kappa shape index (κ3) is 7.12. The quantitative estimate of drug-likeness (QED) is 0.327. The van der Waals surface area contributed by atoms with Gasteiger partial charge in [0.05, 0.1) is 21.8 Å². The second-order valence-corrected chi connectivity index (χ2v) is 10.9. The van der Waals surface area contributed by atoms with E-state index in [4.69, 9.17) is 9.47 Å². The van der Waals surface area contributed by atoms with E-state index in [1.807, 2.05) is 0 Å². The van der Waals surface area contributed by atoms with Crippen LogP contribution in [-0.4, -0.2) is 31.8 Å². The summed E-state index contributed by atoms with van der Waals surface area (Å²) >= 11 is 0. The van der Waals surface area contributed by atoms with E-state index in [0.29, 0.717) is 24.3 Å². The van der Waals surface area contributed by atoms with Crippen molar-refractivity contribution < 1.29 is 49.0 Å². The van der Waals surface area contributed by atoms with Crippen LogP contribution in [0.5, 0.6) is 5.75 Å². The third-order valence-electron chi connectivity index (χ3n) is 4.66. The lowest BCUT2D eigenvalue weighted by atomic mass is 9.99. The number of esters is 1. The highest BCUT2D eigenvalue weighted by Gasteiger charge is 2.38. The van der Waals surface area contributed by atoms with E-state index in [0.717, 1.165) is 12.1 Å². The smallest absolute Gasteiger partial charge is 0.417 e. The number of rotatable bonds is 6. The van der Waals surface area contributed by atoms with Crippen LogP contribution in [0.2, 0.25) is 0 Å². The maximum Gasteiger partial charge on any atom is 0.417 e. The van der Waals surface area contributed by atoms with Crippen molar-refractivity contribution in [2.24, 2.45) is 0 Å². The average Bonchev–Trinajstić information content (AvgIpc) is 2.70. The Kier molecular flexibility index (Phi) is 7.90. The van der Waals surface area contributed by atoms with E-state index in [1.54, 1.807) is 20.8 Å². The van der Waals surface area contributed by atoms with Crippen molar-refractivity contribution in [3.63, 3.8) is 0 Å². The van der Waals surface area contributed by atoms with Crippen molar-refractivity contribution in [3.8, 4) is 16.9 Å². The Hall–Kier alpha value is -2.76. The molecule has 0 aliphatic carbocycles. The molecular weight excluding hydrogens is 502 g/mol. The summed E-state index contributed by atoms with van der Waals surface area (Å²) in [5.41, 5.74) is -4.39. The zero-order valence-corrected chi connectivity index (χ0v) is 20.3. The Morgan fingerprint density at radius 1 is 0.943 bits per heavy atom. The normalized spacial score (nSPS) is 13.9. The number of alkyl halides is 6. The monoisotopic (exact) mass is 526 g/mol. The standard InChI is InChI=1S/C23H24F6O5S/c1-6-35(31,32)19-10-7-14(11-17(19)23(27,28)29)16-12-15(22(24,25)26)8-9-18(16)33-13(2)20(30)34-21(3,4)5/h7-13H,6H2,1-5H3/t13-/m0/s1.